The predicted octanol–water partition coefficient (Wildman–Crippen LogP) is 7.91. The first-order chi connectivity index (χ1) is 11.7. The summed E-state index contributed by atoms with van der Waals surface area (Å²) in [6, 6.07) is 7.30. The molecule has 1 atom stereocenters. The summed E-state index contributed by atoms with van der Waals surface area (Å²) in [4.78, 5) is 0. The molecule has 0 N–H and O–H groups in total. The van der Waals surface area contributed by atoms with Crippen molar-refractivity contribution in [1.82, 2.24) is 0 Å². The van der Waals surface area contributed by atoms with Crippen molar-refractivity contribution in [2.24, 2.45) is 5.92 Å². The molecule has 0 radical (unpaired) electrons. The monoisotopic (exact) mass is 330 g/mol. The molecule has 1 rings (SSSR count). The highest BCUT2D eigenvalue weighted by Gasteiger charge is 2.06. The van der Waals surface area contributed by atoms with Crippen molar-refractivity contribution in [3.05, 3.63) is 34.9 Å². The zero-order chi connectivity index (χ0) is 17.6. The maximum atomic E-state index is 2.51. The highest BCUT2D eigenvalue weighted by Crippen LogP contribution is 2.20. The molecular weight excluding hydrogens is 288 g/mol. The molecule has 0 aliphatic heterocycles. The van der Waals surface area contributed by atoms with Crippen molar-refractivity contribution < 1.29 is 0 Å². The molecule has 138 valence electrons. The summed E-state index contributed by atoms with van der Waals surface area (Å²) in [7, 11) is 0. The highest BCUT2D eigenvalue weighted by molar-refractivity contribution is 5.32. The third-order valence-corrected chi connectivity index (χ3v) is 5.29. The number of benzene rings is 1. The van der Waals surface area contributed by atoms with Crippen LogP contribution in [0.2, 0.25) is 0 Å². The molecule has 0 amide bonds. The molecule has 24 heavy (non-hydrogen) atoms. The minimum Gasteiger partial charge on any atom is -0.0654 e. The average Bonchev–Trinajstić information content (AvgIpc) is 2.58. The molecule has 0 heterocycles. The van der Waals surface area contributed by atoms with Crippen molar-refractivity contribution in [1.29, 1.82) is 0 Å². The summed E-state index contributed by atoms with van der Waals surface area (Å²) < 4.78 is 0. The Bertz CT molecular complexity index is 418. The van der Waals surface area contributed by atoms with E-state index in [1.54, 1.807) is 16.7 Å². The molecule has 0 bridgehead atoms. The van der Waals surface area contributed by atoms with Crippen molar-refractivity contribution in [2.45, 2.75) is 111 Å². The lowest BCUT2D eigenvalue weighted by Gasteiger charge is -2.14. The van der Waals surface area contributed by atoms with E-state index in [-0.39, 0.29) is 0 Å². The van der Waals surface area contributed by atoms with Gasteiger partial charge in [0.05, 0.1) is 0 Å². The van der Waals surface area contributed by atoms with Crippen molar-refractivity contribution in [2.75, 3.05) is 0 Å². The molecule has 0 saturated heterocycles. The summed E-state index contributed by atoms with van der Waals surface area (Å²) in [5.41, 5.74) is 4.76. The minimum absolute atomic E-state index is 0.876. The fourth-order valence-corrected chi connectivity index (χ4v) is 3.68. The first-order valence-corrected chi connectivity index (χ1v) is 10.8. The molecule has 0 aliphatic carbocycles. The quantitative estimate of drug-likeness (QED) is 0.304. The van der Waals surface area contributed by atoms with E-state index in [2.05, 4.69) is 45.9 Å². The smallest absolute Gasteiger partial charge is 0.0276 e. The normalized spacial score (nSPS) is 12.5. The van der Waals surface area contributed by atoms with E-state index in [1.807, 2.05) is 0 Å². The van der Waals surface area contributed by atoms with Crippen LogP contribution in [0.5, 0.6) is 0 Å². The Balaban J connectivity index is 2.33. The van der Waals surface area contributed by atoms with Crippen molar-refractivity contribution in [3.63, 3.8) is 0 Å². The van der Waals surface area contributed by atoms with Crippen LogP contribution in [-0.4, -0.2) is 0 Å². The molecule has 0 fully saturated rings. The average molecular weight is 331 g/mol. The van der Waals surface area contributed by atoms with Gasteiger partial charge in [0, 0.05) is 0 Å². The van der Waals surface area contributed by atoms with E-state index in [0.29, 0.717) is 0 Å². The molecule has 0 aliphatic rings. The Morgan fingerprint density at radius 3 is 2.04 bits per heavy atom. The van der Waals surface area contributed by atoms with Crippen LogP contribution in [-0.2, 0) is 19.3 Å². The Morgan fingerprint density at radius 2 is 1.33 bits per heavy atom. The first-order valence-electron chi connectivity index (χ1n) is 10.8. The summed E-state index contributed by atoms with van der Waals surface area (Å²) in [5.74, 6) is 0.876. The van der Waals surface area contributed by atoms with Crippen LogP contribution in [0.25, 0.3) is 0 Å². The lowest BCUT2D eigenvalue weighted by molar-refractivity contribution is 0.456. The van der Waals surface area contributed by atoms with Gasteiger partial charge in [0.2, 0.25) is 0 Å². The summed E-state index contributed by atoms with van der Waals surface area (Å²) in [6.45, 7) is 9.33. The van der Waals surface area contributed by atoms with Gasteiger partial charge < -0.3 is 0 Å². The van der Waals surface area contributed by atoms with Gasteiger partial charge in [-0.1, -0.05) is 104 Å². The van der Waals surface area contributed by atoms with E-state index in [9.17, 15) is 0 Å². The molecular formula is C24H42. The molecule has 0 nitrogen and oxygen atoms in total. The maximum absolute atomic E-state index is 2.51. The van der Waals surface area contributed by atoms with E-state index < -0.39 is 0 Å². The molecule has 0 aromatic heterocycles. The summed E-state index contributed by atoms with van der Waals surface area (Å²) >= 11 is 0. The molecule has 1 aromatic rings. The van der Waals surface area contributed by atoms with E-state index in [4.69, 9.17) is 0 Å². The first kappa shape index (κ1) is 21.3. The van der Waals surface area contributed by atoms with Gasteiger partial charge in [-0.05, 0) is 48.3 Å². The summed E-state index contributed by atoms with van der Waals surface area (Å²) in [5, 5.41) is 0. The van der Waals surface area contributed by atoms with E-state index >= 15 is 0 Å². The predicted molar refractivity (Wildman–Crippen MR) is 110 cm³/mol. The van der Waals surface area contributed by atoms with Crippen LogP contribution in [0.1, 0.15) is 109 Å². The van der Waals surface area contributed by atoms with Crippen LogP contribution in [0.15, 0.2) is 18.2 Å². The second-order valence-electron chi connectivity index (χ2n) is 7.80. The topological polar surface area (TPSA) is 0 Å². The fraction of sp³-hybridized carbons (Fsp3) is 0.750. The van der Waals surface area contributed by atoms with Gasteiger partial charge in [-0.3, -0.25) is 0 Å². The molecule has 0 heteroatoms. The number of rotatable bonds is 14. The molecule has 1 unspecified atom stereocenters. The van der Waals surface area contributed by atoms with Gasteiger partial charge in [0.1, 0.15) is 0 Å². The Labute approximate surface area is 152 Å². The van der Waals surface area contributed by atoms with Gasteiger partial charge in [-0.2, -0.15) is 0 Å². The zero-order valence-electron chi connectivity index (χ0n) is 17.0. The van der Waals surface area contributed by atoms with Crippen molar-refractivity contribution in [3.8, 4) is 0 Å². The second-order valence-corrected chi connectivity index (χ2v) is 7.80. The number of unbranched alkanes of at least 4 members (excludes halogenated alkanes) is 5. The Morgan fingerprint density at radius 1 is 0.667 bits per heavy atom. The van der Waals surface area contributed by atoms with Crippen molar-refractivity contribution >= 4 is 0 Å². The number of hydrogen-bond acceptors (Lipinski definition) is 0. The molecule has 0 saturated carbocycles. The Kier molecular flexibility index (Phi) is 12.0. The van der Waals surface area contributed by atoms with E-state index in [0.717, 1.165) is 5.92 Å². The standard InChI is InChI=1S/C24H42/c1-5-8-9-10-11-12-15-21(4)16-17-22-18-19-23(13-6-2)24(20-22)14-7-3/h18-21H,5-17H2,1-4H3. The lowest BCUT2D eigenvalue weighted by atomic mass is 9.92. The Hall–Kier alpha value is -0.780. The van der Waals surface area contributed by atoms with Crippen LogP contribution in [0, 0.1) is 5.92 Å². The lowest BCUT2D eigenvalue weighted by Crippen LogP contribution is -2.00. The van der Waals surface area contributed by atoms with Gasteiger partial charge in [0.25, 0.3) is 0 Å². The largest absolute Gasteiger partial charge is 0.0654 e. The highest BCUT2D eigenvalue weighted by atomic mass is 14.1. The van der Waals surface area contributed by atoms with Crippen LogP contribution >= 0.6 is 0 Å². The fourth-order valence-electron chi connectivity index (χ4n) is 3.68. The molecule has 1 aromatic carbocycles. The minimum atomic E-state index is 0.876. The zero-order valence-corrected chi connectivity index (χ0v) is 17.0. The summed E-state index contributed by atoms with van der Waals surface area (Å²) in [6.07, 6.45) is 17.6. The third-order valence-electron chi connectivity index (χ3n) is 5.29. The van der Waals surface area contributed by atoms with Crippen LogP contribution < -0.4 is 0 Å². The second kappa shape index (κ2) is 13.5. The van der Waals surface area contributed by atoms with Crippen LogP contribution in [0.4, 0.5) is 0 Å². The molecule has 0 spiro atoms. The van der Waals surface area contributed by atoms with Crippen LogP contribution in [0.3, 0.4) is 0 Å². The van der Waals surface area contributed by atoms with Gasteiger partial charge in [-0.15, -0.1) is 0 Å². The van der Waals surface area contributed by atoms with Gasteiger partial charge in [0.15, 0.2) is 0 Å². The number of aryl methyl sites for hydroxylation is 3. The van der Waals surface area contributed by atoms with Gasteiger partial charge >= 0.3 is 0 Å². The maximum Gasteiger partial charge on any atom is -0.0276 e. The number of hydrogen-bond donors (Lipinski definition) is 0. The van der Waals surface area contributed by atoms with E-state index in [1.165, 1.54) is 83.5 Å². The third kappa shape index (κ3) is 8.90. The van der Waals surface area contributed by atoms with Gasteiger partial charge in [-0.25, -0.2) is 0 Å². The SMILES string of the molecule is CCCCCCCCC(C)CCc1ccc(CCC)c(CCC)c1.